The van der Waals surface area contributed by atoms with Gasteiger partial charge in [-0.2, -0.15) is 8.78 Å². The third-order valence-corrected chi connectivity index (χ3v) is 4.99. The monoisotopic (exact) mass is 421 g/mol. The van der Waals surface area contributed by atoms with Crippen molar-refractivity contribution in [3.05, 3.63) is 71.8 Å². The summed E-state index contributed by atoms with van der Waals surface area (Å²) < 4.78 is 61.3. The highest BCUT2D eigenvalue weighted by molar-refractivity contribution is 5.91. The molecule has 0 saturated heterocycles. The fourth-order valence-corrected chi connectivity index (χ4v) is 3.45. The Morgan fingerprint density at radius 1 is 0.967 bits per heavy atom. The van der Waals surface area contributed by atoms with E-state index in [-0.39, 0.29) is 11.7 Å². The van der Waals surface area contributed by atoms with E-state index in [1.54, 1.807) is 19.2 Å². The lowest BCUT2D eigenvalue weighted by Crippen LogP contribution is -2.33. The highest BCUT2D eigenvalue weighted by atomic mass is 19.3. The first kappa shape index (κ1) is 21.9. The third kappa shape index (κ3) is 4.84. The van der Waals surface area contributed by atoms with Crippen LogP contribution < -0.4 is 15.2 Å². The van der Waals surface area contributed by atoms with Gasteiger partial charge in [0.15, 0.2) is 6.61 Å². The number of methoxy groups -OCH3 is 1. The summed E-state index contributed by atoms with van der Waals surface area (Å²) in [5, 5.41) is 2.00. The lowest BCUT2D eigenvalue weighted by atomic mass is 9.88. The second kappa shape index (κ2) is 9.34. The number of halogens is 4. The van der Waals surface area contributed by atoms with Gasteiger partial charge in [-0.15, -0.1) is 0 Å². The number of fused-ring (bicyclic) bond motifs is 1. The molecule has 3 aromatic rings. The number of benzene rings is 3. The molecule has 0 bridgehead atoms. The SMILES string of the molecule is COc1cccc2c(C(CN)Cc3cccc(OCC(F)(F)C(F)F)c3)cccc12. The molecule has 0 amide bonds. The quantitative estimate of drug-likeness (QED) is 0.470. The molecule has 3 aromatic carbocycles. The normalized spacial score (nSPS) is 12.9. The van der Waals surface area contributed by atoms with Gasteiger partial charge in [0.05, 0.1) is 7.11 Å². The molecule has 0 aliphatic carbocycles. The Bertz CT molecular complexity index is 994. The first-order chi connectivity index (χ1) is 14.4. The molecular weight excluding hydrogens is 398 g/mol. The predicted molar refractivity (Wildman–Crippen MR) is 109 cm³/mol. The van der Waals surface area contributed by atoms with Crippen LogP contribution in [-0.2, 0) is 6.42 Å². The maximum atomic E-state index is 13.1. The molecule has 0 aliphatic heterocycles. The van der Waals surface area contributed by atoms with Gasteiger partial charge < -0.3 is 15.2 Å². The molecule has 3 rings (SSSR count). The Balaban J connectivity index is 1.83. The highest BCUT2D eigenvalue weighted by Gasteiger charge is 2.41. The number of alkyl halides is 4. The van der Waals surface area contributed by atoms with Crippen LogP contribution >= 0.6 is 0 Å². The maximum absolute atomic E-state index is 13.1. The van der Waals surface area contributed by atoms with Gasteiger partial charge in [-0.25, -0.2) is 8.78 Å². The van der Waals surface area contributed by atoms with Crippen molar-refractivity contribution in [2.45, 2.75) is 24.7 Å². The Kier molecular flexibility index (Phi) is 6.82. The molecule has 2 N–H and O–H groups in total. The fraction of sp³-hybridized carbons (Fsp3) is 0.304. The molecule has 7 heteroatoms. The van der Waals surface area contributed by atoms with Crippen LogP contribution in [-0.4, -0.2) is 32.6 Å². The smallest absolute Gasteiger partial charge is 0.340 e. The molecule has 0 radical (unpaired) electrons. The second-order valence-corrected chi connectivity index (χ2v) is 7.04. The maximum Gasteiger partial charge on any atom is 0.340 e. The minimum absolute atomic E-state index is 0.0430. The first-order valence-electron chi connectivity index (χ1n) is 9.49. The standard InChI is InChI=1S/C23H23F4NO2/c1-29-21-10-4-8-19-18(7-3-9-20(19)21)16(13-28)11-15-5-2-6-17(12-15)30-14-23(26,27)22(24)25/h2-10,12,16,22H,11,13-14,28H2,1H3. The van der Waals surface area contributed by atoms with E-state index in [1.165, 1.54) is 6.07 Å². The van der Waals surface area contributed by atoms with Crippen LogP contribution in [0.5, 0.6) is 11.5 Å². The number of hydrogen-bond acceptors (Lipinski definition) is 3. The Hall–Kier alpha value is -2.80. The van der Waals surface area contributed by atoms with Gasteiger partial charge in [-0.3, -0.25) is 0 Å². The summed E-state index contributed by atoms with van der Waals surface area (Å²) in [7, 11) is 1.62. The van der Waals surface area contributed by atoms with Crippen LogP contribution in [0.15, 0.2) is 60.7 Å². The van der Waals surface area contributed by atoms with E-state index in [9.17, 15) is 17.6 Å². The Morgan fingerprint density at radius 2 is 1.67 bits per heavy atom. The van der Waals surface area contributed by atoms with Gasteiger partial charge in [-0.1, -0.05) is 42.5 Å². The van der Waals surface area contributed by atoms with Gasteiger partial charge in [-0.05, 0) is 47.7 Å². The van der Waals surface area contributed by atoms with Crippen LogP contribution in [0.25, 0.3) is 10.8 Å². The first-order valence-corrected chi connectivity index (χ1v) is 9.49. The lowest BCUT2D eigenvalue weighted by Gasteiger charge is -2.19. The lowest BCUT2D eigenvalue weighted by molar-refractivity contribution is -0.148. The van der Waals surface area contributed by atoms with Crippen molar-refractivity contribution >= 4 is 10.8 Å². The van der Waals surface area contributed by atoms with Crippen LogP contribution in [0.4, 0.5) is 17.6 Å². The molecule has 0 aromatic heterocycles. The fourth-order valence-electron chi connectivity index (χ4n) is 3.45. The molecule has 0 heterocycles. The van der Waals surface area contributed by atoms with E-state index >= 15 is 0 Å². The molecule has 160 valence electrons. The summed E-state index contributed by atoms with van der Waals surface area (Å²) in [5.74, 6) is -3.36. The summed E-state index contributed by atoms with van der Waals surface area (Å²) in [6, 6.07) is 18.2. The Labute approximate surface area is 172 Å². The molecule has 0 fully saturated rings. The average molecular weight is 421 g/mol. The average Bonchev–Trinajstić information content (AvgIpc) is 2.75. The van der Waals surface area contributed by atoms with Gasteiger partial charge >= 0.3 is 12.3 Å². The number of rotatable bonds is 9. The molecular formula is C23H23F4NO2. The molecule has 3 nitrogen and oxygen atoms in total. The zero-order chi connectivity index (χ0) is 21.7. The third-order valence-electron chi connectivity index (χ3n) is 4.99. The van der Waals surface area contributed by atoms with Crippen LogP contribution in [0, 0.1) is 0 Å². The van der Waals surface area contributed by atoms with Crippen molar-refractivity contribution in [2.24, 2.45) is 5.73 Å². The van der Waals surface area contributed by atoms with E-state index in [4.69, 9.17) is 15.2 Å². The largest absolute Gasteiger partial charge is 0.496 e. The van der Waals surface area contributed by atoms with Gasteiger partial charge in [0.1, 0.15) is 11.5 Å². The van der Waals surface area contributed by atoms with Crippen molar-refractivity contribution in [1.29, 1.82) is 0 Å². The number of ether oxygens (including phenoxy) is 2. The van der Waals surface area contributed by atoms with E-state index in [1.807, 2.05) is 42.5 Å². The Morgan fingerprint density at radius 3 is 2.37 bits per heavy atom. The summed E-state index contributed by atoms with van der Waals surface area (Å²) in [6.07, 6.45) is -3.24. The minimum atomic E-state index is -4.20. The van der Waals surface area contributed by atoms with E-state index < -0.39 is 19.0 Å². The summed E-state index contributed by atoms with van der Waals surface area (Å²) in [4.78, 5) is 0. The zero-order valence-corrected chi connectivity index (χ0v) is 16.5. The summed E-state index contributed by atoms with van der Waals surface area (Å²) in [5.41, 5.74) is 7.91. The molecule has 1 atom stereocenters. The van der Waals surface area contributed by atoms with Crippen molar-refractivity contribution in [2.75, 3.05) is 20.3 Å². The molecule has 0 aliphatic rings. The van der Waals surface area contributed by atoms with E-state index in [0.29, 0.717) is 13.0 Å². The molecule has 1 unspecified atom stereocenters. The van der Waals surface area contributed by atoms with Crippen molar-refractivity contribution < 1.29 is 27.0 Å². The predicted octanol–water partition coefficient (Wildman–Crippen LogP) is 5.41. The van der Waals surface area contributed by atoms with E-state index in [2.05, 4.69) is 0 Å². The minimum Gasteiger partial charge on any atom is -0.496 e. The van der Waals surface area contributed by atoms with Crippen molar-refractivity contribution in [3.63, 3.8) is 0 Å². The molecule has 30 heavy (non-hydrogen) atoms. The summed E-state index contributed by atoms with van der Waals surface area (Å²) >= 11 is 0. The van der Waals surface area contributed by atoms with E-state index in [0.717, 1.165) is 27.6 Å². The number of nitrogens with two attached hydrogens (primary N) is 1. The van der Waals surface area contributed by atoms with Crippen LogP contribution in [0.2, 0.25) is 0 Å². The van der Waals surface area contributed by atoms with Crippen molar-refractivity contribution in [1.82, 2.24) is 0 Å². The van der Waals surface area contributed by atoms with Crippen molar-refractivity contribution in [3.8, 4) is 11.5 Å². The van der Waals surface area contributed by atoms with Gasteiger partial charge in [0.2, 0.25) is 0 Å². The van der Waals surface area contributed by atoms with Crippen LogP contribution in [0.3, 0.4) is 0 Å². The van der Waals surface area contributed by atoms with Crippen LogP contribution in [0.1, 0.15) is 17.0 Å². The highest BCUT2D eigenvalue weighted by Crippen LogP contribution is 2.33. The van der Waals surface area contributed by atoms with Gasteiger partial charge in [0.25, 0.3) is 0 Å². The molecule has 0 saturated carbocycles. The topological polar surface area (TPSA) is 44.5 Å². The second-order valence-electron chi connectivity index (χ2n) is 7.04. The number of hydrogen-bond donors (Lipinski definition) is 1. The zero-order valence-electron chi connectivity index (χ0n) is 16.5. The molecule has 0 spiro atoms. The van der Waals surface area contributed by atoms with Gasteiger partial charge in [0, 0.05) is 11.3 Å². The summed E-state index contributed by atoms with van der Waals surface area (Å²) in [6.45, 7) is -1.01.